The van der Waals surface area contributed by atoms with Gasteiger partial charge in [0.05, 0.1) is 6.10 Å². The van der Waals surface area contributed by atoms with Gasteiger partial charge in [-0.25, -0.2) is 0 Å². The summed E-state index contributed by atoms with van der Waals surface area (Å²) in [5, 5.41) is 10.4. The normalized spacial score (nSPS) is 20.5. The van der Waals surface area contributed by atoms with E-state index in [-0.39, 0.29) is 6.10 Å². The van der Waals surface area contributed by atoms with Crippen LogP contribution in [0.2, 0.25) is 0 Å². The molecule has 0 aliphatic carbocycles. The van der Waals surface area contributed by atoms with Crippen LogP contribution in [-0.4, -0.2) is 29.6 Å². The van der Waals surface area contributed by atoms with Crippen LogP contribution in [0, 0.1) is 11.3 Å². The van der Waals surface area contributed by atoms with Gasteiger partial charge in [0.15, 0.2) is 0 Å². The summed E-state index contributed by atoms with van der Waals surface area (Å²) < 4.78 is 0. The number of rotatable bonds is 5. The summed E-state index contributed by atoms with van der Waals surface area (Å²) in [6.07, 6.45) is 1.97. The molecule has 1 N–H and O–H groups in total. The lowest BCUT2D eigenvalue weighted by atomic mass is 9.93. The Kier molecular flexibility index (Phi) is 4.87. The van der Waals surface area contributed by atoms with Gasteiger partial charge in [0.25, 0.3) is 0 Å². The smallest absolute Gasteiger partial charge is 0.0916 e. The Hall–Kier alpha value is -0.860. The lowest BCUT2D eigenvalue weighted by Crippen LogP contribution is -2.28. The second kappa shape index (κ2) is 6.28. The standard InChI is InChI=1S/C18H29NO/c1-14(2)11-15-5-7-16(8-6-15)17(20)12-19-10-9-18(3,4)13-19/h5-8,14,17,20H,9-13H2,1-4H3. The van der Waals surface area contributed by atoms with E-state index in [2.05, 4.69) is 56.9 Å². The summed E-state index contributed by atoms with van der Waals surface area (Å²) in [6, 6.07) is 8.49. The summed E-state index contributed by atoms with van der Waals surface area (Å²) in [5.74, 6) is 0.678. The predicted molar refractivity (Wildman–Crippen MR) is 84.8 cm³/mol. The molecule has 2 nitrogen and oxygen atoms in total. The summed E-state index contributed by atoms with van der Waals surface area (Å²) >= 11 is 0. The van der Waals surface area contributed by atoms with E-state index in [9.17, 15) is 5.11 Å². The first-order valence-electron chi connectivity index (χ1n) is 7.85. The zero-order valence-corrected chi connectivity index (χ0v) is 13.4. The van der Waals surface area contributed by atoms with E-state index in [0.29, 0.717) is 11.3 Å². The maximum Gasteiger partial charge on any atom is 0.0916 e. The van der Waals surface area contributed by atoms with Crippen molar-refractivity contribution in [2.45, 2.75) is 46.6 Å². The topological polar surface area (TPSA) is 23.5 Å². The fourth-order valence-corrected chi connectivity index (χ4v) is 3.08. The van der Waals surface area contributed by atoms with Crippen LogP contribution in [0.3, 0.4) is 0 Å². The van der Waals surface area contributed by atoms with E-state index in [4.69, 9.17) is 0 Å². The first kappa shape index (κ1) is 15.5. The van der Waals surface area contributed by atoms with E-state index in [1.165, 1.54) is 12.0 Å². The van der Waals surface area contributed by atoms with Crippen LogP contribution in [0.25, 0.3) is 0 Å². The number of aliphatic hydroxyl groups excluding tert-OH is 1. The maximum absolute atomic E-state index is 10.4. The molecule has 0 amide bonds. The zero-order chi connectivity index (χ0) is 14.8. The molecule has 1 aromatic rings. The highest BCUT2D eigenvalue weighted by molar-refractivity contribution is 5.24. The summed E-state index contributed by atoms with van der Waals surface area (Å²) in [7, 11) is 0. The van der Waals surface area contributed by atoms with Crippen molar-refractivity contribution in [3.63, 3.8) is 0 Å². The number of aliphatic hydroxyl groups is 1. The number of hydrogen-bond donors (Lipinski definition) is 1. The average molecular weight is 275 g/mol. The van der Waals surface area contributed by atoms with Crippen molar-refractivity contribution in [3.05, 3.63) is 35.4 Å². The van der Waals surface area contributed by atoms with Gasteiger partial charge in [-0.15, -0.1) is 0 Å². The number of β-amino-alcohol motifs (C(OH)–C–C–N with tert-alkyl or cyclic N) is 1. The number of likely N-dealkylation sites (tertiary alicyclic amines) is 1. The monoisotopic (exact) mass is 275 g/mol. The summed E-state index contributed by atoms with van der Waals surface area (Å²) in [6.45, 7) is 12.0. The lowest BCUT2D eigenvalue weighted by molar-refractivity contribution is 0.121. The average Bonchev–Trinajstić information content (AvgIpc) is 2.68. The van der Waals surface area contributed by atoms with Crippen LogP contribution >= 0.6 is 0 Å². The molecule has 20 heavy (non-hydrogen) atoms. The molecule has 1 saturated heterocycles. The number of nitrogens with zero attached hydrogens (tertiary/aromatic N) is 1. The summed E-state index contributed by atoms with van der Waals surface area (Å²) in [4.78, 5) is 2.38. The highest BCUT2D eigenvalue weighted by Gasteiger charge is 2.30. The quantitative estimate of drug-likeness (QED) is 0.886. The van der Waals surface area contributed by atoms with E-state index >= 15 is 0 Å². The Morgan fingerprint density at radius 2 is 1.85 bits per heavy atom. The third kappa shape index (κ3) is 4.32. The van der Waals surface area contributed by atoms with Gasteiger partial charge < -0.3 is 5.11 Å². The summed E-state index contributed by atoms with van der Waals surface area (Å²) in [5.41, 5.74) is 2.81. The van der Waals surface area contributed by atoms with Gasteiger partial charge in [0, 0.05) is 13.1 Å². The molecule has 1 atom stereocenters. The SMILES string of the molecule is CC(C)Cc1ccc(C(O)CN2CCC(C)(C)C2)cc1. The highest BCUT2D eigenvalue weighted by Crippen LogP contribution is 2.30. The molecule has 0 radical (unpaired) electrons. The first-order chi connectivity index (χ1) is 9.35. The number of hydrogen-bond acceptors (Lipinski definition) is 2. The van der Waals surface area contributed by atoms with E-state index in [1.807, 2.05) is 0 Å². The van der Waals surface area contributed by atoms with Crippen molar-refractivity contribution < 1.29 is 5.11 Å². The minimum atomic E-state index is -0.364. The zero-order valence-electron chi connectivity index (χ0n) is 13.4. The minimum Gasteiger partial charge on any atom is -0.387 e. The molecule has 2 rings (SSSR count). The van der Waals surface area contributed by atoms with Gasteiger partial charge in [-0.05, 0) is 41.8 Å². The van der Waals surface area contributed by atoms with E-state index in [0.717, 1.165) is 31.6 Å². The van der Waals surface area contributed by atoms with Gasteiger partial charge in [-0.2, -0.15) is 0 Å². The second-order valence-corrected chi connectivity index (χ2v) is 7.50. The molecule has 1 aliphatic heterocycles. The van der Waals surface area contributed by atoms with Crippen LogP contribution < -0.4 is 0 Å². The van der Waals surface area contributed by atoms with Crippen LogP contribution in [-0.2, 0) is 6.42 Å². The van der Waals surface area contributed by atoms with Crippen LogP contribution in [0.4, 0.5) is 0 Å². The van der Waals surface area contributed by atoms with Gasteiger partial charge in [-0.1, -0.05) is 52.0 Å². The minimum absolute atomic E-state index is 0.364. The predicted octanol–water partition coefficient (Wildman–Crippen LogP) is 3.65. The van der Waals surface area contributed by atoms with Crippen molar-refractivity contribution in [1.82, 2.24) is 4.90 Å². The molecule has 0 saturated carbocycles. The van der Waals surface area contributed by atoms with Crippen molar-refractivity contribution in [3.8, 4) is 0 Å². The molecule has 1 heterocycles. The maximum atomic E-state index is 10.4. The number of benzene rings is 1. The molecule has 0 bridgehead atoms. The van der Waals surface area contributed by atoms with Crippen molar-refractivity contribution in [2.24, 2.45) is 11.3 Å². The Morgan fingerprint density at radius 3 is 2.35 bits per heavy atom. The van der Waals surface area contributed by atoms with Gasteiger partial charge in [-0.3, -0.25) is 4.90 Å². The van der Waals surface area contributed by atoms with Crippen LogP contribution in [0.15, 0.2) is 24.3 Å². The fraction of sp³-hybridized carbons (Fsp3) is 0.667. The van der Waals surface area contributed by atoms with Crippen LogP contribution in [0.1, 0.15) is 51.3 Å². The lowest BCUT2D eigenvalue weighted by Gasteiger charge is -2.22. The van der Waals surface area contributed by atoms with Crippen molar-refractivity contribution in [2.75, 3.05) is 19.6 Å². The highest BCUT2D eigenvalue weighted by atomic mass is 16.3. The molecule has 1 aromatic carbocycles. The Balaban J connectivity index is 1.91. The molecule has 0 spiro atoms. The molecule has 2 heteroatoms. The van der Waals surface area contributed by atoms with E-state index < -0.39 is 0 Å². The fourth-order valence-electron chi connectivity index (χ4n) is 3.08. The van der Waals surface area contributed by atoms with Crippen molar-refractivity contribution >= 4 is 0 Å². The van der Waals surface area contributed by atoms with Gasteiger partial charge in [0.2, 0.25) is 0 Å². The largest absolute Gasteiger partial charge is 0.387 e. The van der Waals surface area contributed by atoms with Crippen molar-refractivity contribution in [1.29, 1.82) is 0 Å². The Bertz CT molecular complexity index is 422. The Labute approximate surface area is 123 Å². The third-order valence-corrected chi connectivity index (χ3v) is 4.20. The Morgan fingerprint density at radius 1 is 1.20 bits per heavy atom. The molecule has 1 fully saturated rings. The first-order valence-corrected chi connectivity index (χ1v) is 7.85. The molecule has 1 unspecified atom stereocenters. The van der Waals surface area contributed by atoms with Gasteiger partial charge >= 0.3 is 0 Å². The second-order valence-electron chi connectivity index (χ2n) is 7.50. The molecule has 1 aliphatic rings. The van der Waals surface area contributed by atoms with E-state index in [1.54, 1.807) is 0 Å². The molecular formula is C18H29NO. The molecule has 112 valence electrons. The van der Waals surface area contributed by atoms with Crippen LogP contribution in [0.5, 0.6) is 0 Å². The molecule has 0 aromatic heterocycles. The van der Waals surface area contributed by atoms with Gasteiger partial charge in [0.1, 0.15) is 0 Å². The molecular weight excluding hydrogens is 246 g/mol. The third-order valence-electron chi connectivity index (χ3n) is 4.20.